The second-order valence-electron chi connectivity index (χ2n) is 7.99. The van der Waals surface area contributed by atoms with Crippen molar-refractivity contribution in [2.24, 2.45) is 0 Å². The number of carbonyl (C=O) groups excluding carboxylic acids is 1. The van der Waals surface area contributed by atoms with Crippen LogP contribution in [0.25, 0.3) is 22.0 Å². The van der Waals surface area contributed by atoms with Crippen LogP contribution in [0.5, 0.6) is 0 Å². The molecule has 5 rings (SSSR count). The van der Waals surface area contributed by atoms with Crippen LogP contribution < -0.4 is 5.32 Å². The van der Waals surface area contributed by atoms with Gasteiger partial charge in [-0.2, -0.15) is 4.31 Å². The molecular weight excluding hydrogens is 419 g/mol. The largest absolute Gasteiger partial charge is 0.360 e. The number of aromatic nitrogens is 1. The number of sulfonamides is 1. The van der Waals surface area contributed by atoms with E-state index in [1.165, 1.54) is 16.4 Å². The lowest BCUT2D eigenvalue weighted by Gasteiger charge is -2.30. The van der Waals surface area contributed by atoms with E-state index in [0.29, 0.717) is 36.6 Å². The Hall–Kier alpha value is -2.75. The van der Waals surface area contributed by atoms with E-state index in [-0.39, 0.29) is 24.3 Å². The van der Waals surface area contributed by atoms with Gasteiger partial charge in [0.05, 0.1) is 11.4 Å². The third kappa shape index (κ3) is 3.33. The molecule has 1 aromatic heterocycles. The molecule has 3 aromatic rings. The molecule has 3 heterocycles. The average molecular weight is 443 g/mol. The number of benzene rings is 2. The average Bonchev–Trinajstić information content (AvgIpc) is 3.24. The zero-order valence-electron chi connectivity index (χ0n) is 17.1. The zero-order valence-corrected chi connectivity index (χ0v) is 17.9. The second kappa shape index (κ2) is 7.44. The minimum Gasteiger partial charge on any atom is -0.360 e. The molecule has 2 aliphatic rings. The van der Waals surface area contributed by atoms with Crippen LogP contribution in [0.4, 0.5) is 4.39 Å². The summed E-state index contributed by atoms with van der Waals surface area (Å²) in [6.45, 7) is 4.09. The molecule has 1 saturated heterocycles. The first-order valence-corrected chi connectivity index (χ1v) is 11.7. The summed E-state index contributed by atoms with van der Waals surface area (Å²) >= 11 is 0. The molecule has 31 heavy (non-hydrogen) atoms. The first-order valence-electron chi connectivity index (χ1n) is 10.3. The van der Waals surface area contributed by atoms with E-state index in [9.17, 15) is 17.6 Å². The van der Waals surface area contributed by atoms with Gasteiger partial charge < -0.3 is 15.2 Å². The van der Waals surface area contributed by atoms with Gasteiger partial charge in [0.15, 0.2) is 0 Å². The number of hydrogen-bond acceptors (Lipinski definition) is 4. The number of rotatable bonds is 4. The molecule has 2 aliphatic heterocycles. The minimum atomic E-state index is -3.63. The van der Waals surface area contributed by atoms with Gasteiger partial charge in [-0.1, -0.05) is 6.07 Å². The molecule has 7 nitrogen and oxygen atoms in total. The van der Waals surface area contributed by atoms with E-state index in [2.05, 4.69) is 10.3 Å². The first-order chi connectivity index (χ1) is 14.9. The van der Waals surface area contributed by atoms with Crippen molar-refractivity contribution in [1.29, 1.82) is 0 Å². The lowest BCUT2D eigenvalue weighted by molar-refractivity contribution is -0.132. The van der Waals surface area contributed by atoms with Gasteiger partial charge in [0.1, 0.15) is 5.82 Å². The van der Waals surface area contributed by atoms with Crippen molar-refractivity contribution < 1.29 is 17.6 Å². The molecule has 2 aromatic carbocycles. The lowest BCUT2D eigenvalue weighted by atomic mass is 9.99. The van der Waals surface area contributed by atoms with Crippen LogP contribution in [0.15, 0.2) is 47.5 Å². The molecule has 1 unspecified atom stereocenters. The maximum Gasteiger partial charge on any atom is 0.244 e. The Kier molecular flexibility index (Phi) is 4.84. The van der Waals surface area contributed by atoms with Crippen LogP contribution in [0.3, 0.4) is 0 Å². The van der Waals surface area contributed by atoms with Gasteiger partial charge in [-0.15, -0.1) is 0 Å². The molecular formula is C22H23FN4O3S. The Labute approximate surface area is 179 Å². The van der Waals surface area contributed by atoms with E-state index in [1.54, 1.807) is 23.1 Å². The van der Waals surface area contributed by atoms with E-state index in [1.807, 2.05) is 19.2 Å². The molecule has 0 saturated carbocycles. The van der Waals surface area contributed by atoms with Crippen molar-refractivity contribution in [3.05, 3.63) is 54.0 Å². The van der Waals surface area contributed by atoms with E-state index in [4.69, 9.17) is 0 Å². The van der Waals surface area contributed by atoms with Gasteiger partial charge in [-0.05, 0) is 48.4 Å². The highest BCUT2D eigenvalue weighted by Gasteiger charge is 2.40. The van der Waals surface area contributed by atoms with Crippen molar-refractivity contribution in [3.8, 4) is 11.1 Å². The predicted octanol–water partition coefficient (Wildman–Crippen LogP) is 2.47. The molecule has 0 radical (unpaired) electrons. The normalized spacial score (nSPS) is 21.0. The highest BCUT2D eigenvalue weighted by atomic mass is 32.2. The Balaban J connectivity index is 1.45. The number of H-pyrrole nitrogens is 1. The number of halogens is 1. The smallest absolute Gasteiger partial charge is 0.244 e. The molecule has 1 amide bonds. The quantitative estimate of drug-likeness (QED) is 0.650. The lowest BCUT2D eigenvalue weighted by Crippen LogP contribution is -2.50. The third-order valence-electron chi connectivity index (χ3n) is 6.21. The fraction of sp³-hybridized carbons (Fsp3) is 0.318. The zero-order chi connectivity index (χ0) is 21.8. The van der Waals surface area contributed by atoms with Gasteiger partial charge in [-0.25, -0.2) is 12.8 Å². The summed E-state index contributed by atoms with van der Waals surface area (Å²) in [7, 11) is -3.63. The molecule has 9 heteroatoms. The van der Waals surface area contributed by atoms with Crippen molar-refractivity contribution >= 4 is 26.8 Å². The van der Waals surface area contributed by atoms with Crippen LogP contribution in [0.1, 0.15) is 18.5 Å². The first kappa shape index (κ1) is 20.2. The number of nitrogens with zero attached hydrogens (tertiary/aromatic N) is 2. The van der Waals surface area contributed by atoms with Crippen LogP contribution in [-0.4, -0.2) is 61.2 Å². The SMILES string of the molecule is CC1c2cc(-c3c[nH]c4cc(F)ccc34)ccc2S(=O)(=O)N1CCN1CCNCC1=O. The Morgan fingerprint density at radius 2 is 2.00 bits per heavy atom. The van der Waals surface area contributed by atoms with Crippen molar-refractivity contribution in [1.82, 2.24) is 19.5 Å². The van der Waals surface area contributed by atoms with Gasteiger partial charge in [0, 0.05) is 54.9 Å². The molecule has 0 aliphatic carbocycles. The van der Waals surface area contributed by atoms with Gasteiger partial charge in [0.2, 0.25) is 15.9 Å². The molecule has 0 spiro atoms. The summed E-state index contributed by atoms with van der Waals surface area (Å²) < 4.78 is 41.3. The summed E-state index contributed by atoms with van der Waals surface area (Å²) in [6, 6.07) is 9.59. The Morgan fingerprint density at radius 3 is 2.81 bits per heavy atom. The maximum atomic E-state index is 13.5. The Morgan fingerprint density at radius 1 is 1.16 bits per heavy atom. The molecule has 1 fully saturated rings. The van der Waals surface area contributed by atoms with Crippen LogP contribution in [0.2, 0.25) is 0 Å². The molecule has 2 N–H and O–H groups in total. The number of nitrogens with one attached hydrogen (secondary N) is 2. The number of piperazine rings is 1. The number of hydrogen-bond donors (Lipinski definition) is 2. The maximum absolute atomic E-state index is 13.5. The standard InChI is InChI=1S/C22H23FN4O3S/c1-14-18-10-15(19-12-25-20-11-16(23)3-4-17(19)20)2-5-21(18)31(29,30)27(14)9-8-26-7-6-24-13-22(26)28/h2-5,10-12,14,24-25H,6-9,13H2,1H3. The molecule has 0 bridgehead atoms. The van der Waals surface area contributed by atoms with E-state index in [0.717, 1.165) is 22.1 Å². The van der Waals surface area contributed by atoms with E-state index < -0.39 is 10.0 Å². The fourth-order valence-electron chi connectivity index (χ4n) is 4.52. The van der Waals surface area contributed by atoms with Crippen LogP contribution >= 0.6 is 0 Å². The summed E-state index contributed by atoms with van der Waals surface area (Å²) in [5.74, 6) is -0.320. The minimum absolute atomic E-state index is 0.00827. The van der Waals surface area contributed by atoms with Crippen LogP contribution in [0, 0.1) is 5.82 Å². The number of aromatic amines is 1. The van der Waals surface area contributed by atoms with Gasteiger partial charge in [-0.3, -0.25) is 4.79 Å². The number of fused-ring (bicyclic) bond motifs is 2. The Bertz CT molecular complexity index is 1290. The summed E-state index contributed by atoms with van der Waals surface area (Å²) in [4.78, 5) is 17.1. The van der Waals surface area contributed by atoms with Gasteiger partial charge >= 0.3 is 0 Å². The fourth-order valence-corrected chi connectivity index (χ4v) is 6.39. The second-order valence-corrected chi connectivity index (χ2v) is 9.85. The molecule has 162 valence electrons. The highest BCUT2D eigenvalue weighted by Crippen LogP contribution is 2.41. The molecule has 1 atom stereocenters. The van der Waals surface area contributed by atoms with Crippen molar-refractivity contribution in [2.45, 2.75) is 17.9 Å². The monoisotopic (exact) mass is 442 g/mol. The third-order valence-corrected chi connectivity index (χ3v) is 8.25. The highest BCUT2D eigenvalue weighted by molar-refractivity contribution is 7.89. The summed E-state index contributed by atoms with van der Waals surface area (Å²) in [5.41, 5.74) is 3.20. The topological polar surface area (TPSA) is 85.5 Å². The number of carbonyl (C=O) groups is 1. The van der Waals surface area contributed by atoms with E-state index >= 15 is 0 Å². The van der Waals surface area contributed by atoms with Crippen molar-refractivity contribution in [3.63, 3.8) is 0 Å². The summed E-state index contributed by atoms with van der Waals surface area (Å²) in [5, 5.41) is 3.90. The summed E-state index contributed by atoms with van der Waals surface area (Å²) in [6.07, 6.45) is 1.81. The van der Waals surface area contributed by atoms with Crippen molar-refractivity contribution in [2.75, 3.05) is 32.7 Å². The number of amides is 1. The predicted molar refractivity (Wildman–Crippen MR) is 115 cm³/mol. The van der Waals surface area contributed by atoms with Crippen LogP contribution in [-0.2, 0) is 14.8 Å². The van der Waals surface area contributed by atoms with Gasteiger partial charge in [0.25, 0.3) is 0 Å².